The average Bonchev–Trinajstić information content (AvgIpc) is 3.14. The number of hydrogen-bond acceptors (Lipinski definition) is 3. The molecule has 2 atom stereocenters. The van der Waals surface area contributed by atoms with Gasteiger partial charge in [-0.05, 0) is 0 Å². The summed E-state index contributed by atoms with van der Waals surface area (Å²) < 4.78 is 12.0. The van der Waals surface area contributed by atoms with Crippen LogP contribution >= 0.6 is 0 Å². The van der Waals surface area contributed by atoms with Gasteiger partial charge in [-0.25, -0.2) is 0 Å². The van der Waals surface area contributed by atoms with Crippen LogP contribution in [0.2, 0.25) is 13.3 Å². The van der Waals surface area contributed by atoms with E-state index in [2.05, 4.69) is 30.9 Å². The van der Waals surface area contributed by atoms with Crippen molar-refractivity contribution in [2.45, 2.75) is 124 Å². The van der Waals surface area contributed by atoms with Gasteiger partial charge in [0.15, 0.2) is 0 Å². The third-order valence-corrected chi connectivity index (χ3v) is 21.4. The van der Waals surface area contributed by atoms with Gasteiger partial charge in [0.05, 0.1) is 7.11 Å². The molecular weight excluding hydrogens is 491 g/mol. The topological polar surface area (TPSA) is 43.4 Å². The predicted octanol–water partition coefficient (Wildman–Crippen LogP) is 8.04. The molecule has 0 amide bonds. The monoisotopic (exact) mass is 542 g/mol. The van der Waals surface area contributed by atoms with Gasteiger partial charge in [-0.2, -0.15) is 0 Å². The van der Waals surface area contributed by atoms with Crippen molar-refractivity contribution in [2.24, 2.45) is 11.8 Å². The van der Waals surface area contributed by atoms with E-state index >= 15 is 0 Å². The Hall–Kier alpha value is -0.321. The summed E-state index contributed by atoms with van der Waals surface area (Å²) in [6.07, 6.45) is 18.3. The summed E-state index contributed by atoms with van der Waals surface area (Å²) in [5, 5.41) is 0. The van der Waals surface area contributed by atoms with Crippen molar-refractivity contribution in [1.29, 1.82) is 0 Å². The summed E-state index contributed by atoms with van der Waals surface area (Å²) in [6, 6.07) is 0. The van der Waals surface area contributed by atoms with E-state index in [1.54, 1.807) is 0 Å². The molecule has 0 aromatic heterocycles. The molecule has 1 rings (SSSR count). The van der Waals surface area contributed by atoms with Gasteiger partial charge < -0.3 is 0 Å². The van der Waals surface area contributed by atoms with Gasteiger partial charge in [-0.1, -0.05) is 0 Å². The molecule has 3 nitrogen and oxygen atoms in total. The van der Waals surface area contributed by atoms with E-state index in [9.17, 15) is 9.59 Å². The van der Waals surface area contributed by atoms with Gasteiger partial charge in [0.25, 0.3) is 0 Å². The SMILES string of the molecule is CCC[CH2][Sn]([CH]=CC1CCC(=O)C1CCCCCCC(=O)OC)([CH2]CCC)[CH2]CCC. The Morgan fingerprint density at radius 3 is 2.06 bits per heavy atom. The Morgan fingerprint density at radius 2 is 1.52 bits per heavy atom. The van der Waals surface area contributed by atoms with E-state index < -0.39 is 18.4 Å². The molecule has 0 aromatic rings. The predicted molar refractivity (Wildman–Crippen MR) is 135 cm³/mol. The minimum absolute atomic E-state index is 0.111. The Bertz CT molecular complexity index is 507. The molecule has 0 N–H and O–H groups in total. The van der Waals surface area contributed by atoms with Crippen LogP contribution in [-0.4, -0.2) is 37.2 Å². The quantitative estimate of drug-likeness (QED) is 0.100. The van der Waals surface area contributed by atoms with E-state index in [4.69, 9.17) is 4.74 Å². The van der Waals surface area contributed by atoms with Crippen molar-refractivity contribution in [3.63, 3.8) is 0 Å². The van der Waals surface area contributed by atoms with E-state index in [0.717, 1.165) is 44.9 Å². The van der Waals surface area contributed by atoms with Crippen LogP contribution in [-0.2, 0) is 14.3 Å². The first kappa shape index (κ1) is 28.7. The molecule has 1 fully saturated rings. The number of allylic oxidation sites excluding steroid dienone is 1. The standard InChI is InChI=1S/C15H23O3.3C4H9.Sn/c1-3-12-10-11-14(16)13(12)8-6-4-5-7-9-15(17)18-2;3*1-3-4-2;/h1,3,12-13H,4-11H2,2H3;3*1,3-4H2,2H3;. The number of hydrogen-bond donors (Lipinski definition) is 0. The van der Waals surface area contributed by atoms with Crippen LogP contribution in [0.3, 0.4) is 0 Å². The van der Waals surface area contributed by atoms with Crippen molar-refractivity contribution in [3.05, 3.63) is 10.2 Å². The number of esters is 1. The fourth-order valence-electron chi connectivity index (χ4n) is 5.17. The first-order valence-corrected chi connectivity index (χ1v) is 21.0. The Kier molecular flexibility index (Phi) is 15.9. The molecule has 0 aromatic carbocycles. The zero-order valence-corrected chi connectivity index (χ0v) is 23.9. The number of Topliss-reactive ketones (excluding diaryl/α,β-unsaturated/α-hetero) is 1. The third-order valence-electron chi connectivity index (χ3n) is 7.31. The molecule has 0 spiro atoms. The molecule has 2 unspecified atom stereocenters. The molecule has 1 aliphatic rings. The minimum atomic E-state index is -2.26. The van der Waals surface area contributed by atoms with Gasteiger partial charge in [0.2, 0.25) is 0 Å². The zero-order chi connectivity index (χ0) is 23.0. The van der Waals surface area contributed by atoms with Gasteiger partial charge in [-0.3, -0.25) is 0 Å². The van der Waals surface area contributed by atoms with Crippen molar-refractivity contribution in [1.82, 2.24) is 0 Å². The molecule has 0 radical (unpaired) electrons. The van der Waals surface area contributed by atoms with Crippen LogP contribution in [0, 0.1) is 11.8 Å². The number of unbranched alkanes of at least 4 members (excludes halogenated alkanes) is 6. The van der Waals surface area contributed by atoms with E-state index in [1.165, 1.54) is 58.9 Å². The summed E-state index contributed by atoms with van der Waals surface area (Å²) in [7, 11) is 1.45. The molecule has 1 saturated carbocycles. The van der Waals surface area contributed by atoms with Gasteiger partial charge in [0, 0.05) is 0 Å². The summed E-state index contributed by atoms with van der Waals surface area (Å²) in [5.41, 5.74) is 0. The normalized spacial score (nSPS) is 19.4. The molecule has 1 aliphatic carbocycles. The molecule has 0 saturated heterocycles. The third kappa shape index (κ3) is 11.4. The molecule has 0 heterocycles. The molecule has 4 heteroatoms. The first-order chi connectivity index (χ1) is 15.0. The second kappa shape index (κ2) is 17.2. The average molecular weight is 541 g/mol. The zero-order valence-electron chi connectivity index (χ0n) is 21.1. The Balaban J connectivity index is 2.67. The van der Waals surface area contributed by atoms with Crippen molar-refractivity contribution < 1.29 is 14.3 Å². The Morgan fingerprint density at radius 1 is 0.935 bits per heavy atom. The maximum atomic E-state index is 12.6. The van der Waals surface area contributed by atoms with Gasteiger partial charge in [-0.15, -0.1) is 0 Å². The molecule has 180 valence electrons. The molecule has 31 heavy (non-hydrogen) atoms. The molecular formula is C27H50O3Sn. The van der Waals surface area contributed by atoms with E-state index in [0.29, 0.717) is 18.1 Å². The van der Waals surface area contributed by atoms with Crippen LogP contribution in [0.5, 0.6) is 0 Å². The van der Waals surface area contributed by atoms with Gasteiger partial charge in [0.1, 0.15) is 0 Å². The molecule has 0 bridgehead atoms. The first-order valence-electron chi connectivity index (χ1n) is 13.3. The number of ether oxygens (including phenoxy) is 1. The van der Waals surface area contributed by atoms with Crippen LogP contribution in [0.4, 0.5) is 0 Å². The second-order valence-electron chi connectivity index (χ2n) is 9.84. The Labute approximate surface area is 197 Å². The summed E-state index contributed by atoms with van der Waals surface area (Å²) >= 11 is -2.26. The van der Waals surface area contributed by atoms with Crippen molar-refractivity contribution >= 4 is 30.1 Å². The number of rotatable bonds is 18. The van der Waals surface area contributed by atoms with E-state index in [1.807, 2.05) is 0 Å². The fourth-order valence-corrected chi connectivity index (χ4v) is 19.7. The fraction of sp³-hybridized carbons (Fsp3) is 0.852. The van der Waals surface area contributed by atoms with Gasteiger partial charge >= 0.3 is 190 Å². The molecule has 0 aliphatic heterocycles. The van der Waals surface area contributed by atoms with Crippen LogP contribution in [0.15, 0.2) is 10.2 Å². The maximum absolute atomic E-state index is 12.6. The summed E-state index contributed by atoms with van der Waals surface area (Å²) in [6.45, 7) is 6.99. The summed E-state index contributed by atoms with van der Waals surface area (Å²) in [4.78, 5) is 23.8. The van der Waals surface area contributed by atoms with Crippen molar-refractivity contribution in [2.75, 3.05) is 7.11 Å². The number of methoxy groups -OCH3 is 1. The second-order valence-corrected chi connectivity index (χ2v) is 22.8. The number of carbonyl (C=O) groups excluding carboxylic acids is 2. The van der Waals surface area contributed by atoms with Crippen LogP contribution in [0.25, 0.3) is 0 Å². The number of carbonyl (C=O) groups is 2. The van der Waals surface area contributed by atoms with Crippen LogP contribution < -0.4 is 0 Å². The summed E-state index contributed by atoms with van der Waals surface area (Å²) in [5.74, 6) is 1.13. The van der Waals surface area contributed by atoms with Crippen molar-refractivity contribution in [3.8, 4) is 0 Å². The number of ketones is 1. The van der Waals surface area contributed by atoms with E-state index in [-0.39, 0.29) is 11.9 Å². The van der Waals surface area contributed by atoms with Crippen LogP contribution in [0.1, 0.15) is 111 Å².